The summed E-state index contributed by atoms with van der Waals surface area (Å²) >= 11 is 0. The monoisotopic (exact) mass is 359 g/mol. The summed E-state index contributed by atoms with van der Waals surface area (Å²) in [6, 6.07) is 3.38. The highest BCUT2D eigenvalue weighted by atomic mass is 35.5. The van der Waals surface area contributed by atoms with Crippen LogP contribution in [0.4, 0.5) is 19.0 Å². The van der Waals surface area contributed by atoms with Crippen molar-refractivity contribution in [2.75, 3.05) is 31.1 Å². The number of benzene rings is 1. The van der Waals surface area contributed by atoms with Gasteiger partial charge in [-0.25, -0.2) is 4.98 Å². The molecule has 0 aliphatic carbocycles. The Morgan fingerprint density at radius 3 is 2.58 bits per heavy atom. The van der Waals surface area contributed by atoms with Gasteiger partial charge in [0.2, 0.25) is 5.65 Å². The predicted octanol–water partition coefficient (Wildman–Crippen LogP) is 1.52. The minimum Gasteiger partial charge on any atom is -0.351 e. The lowest BCUT2D eigenvalue weighted by molar-refractivity contribution is -0.137. The number of nitrogens with zero attached hydrogens (tertiary/aromatic N) is 6. The van der Waals surface area contributed by atoms with Crippen LogP contribution in [-0.4, -0.2) is 51.2 Å². The molecule has 0 atom stereocenters. The van der Waals surface area contributed by atoms with Crippen molar-refractivity contribution in [3.63, 3.8) is 0 Å². The third-order valence-corrected chi connectivity index (χ3v) is 3.84. The Labute approximate surface area is 140 Å². The molecule has 3 heterocycles. The summed E-state index contributed by atoms with van der Waals surface area (Å²) in [5, 5.41) is 14.7. The summed E-state index contributed by atoms with van der Waals surface area (Å²) in [5.41, 5.74) is 0.361. The standard InChI is InChI=1S/C13H12F3N7.ClH/c14-13(15,16)8-1-2-10-9(7-8)18-11(12-19-20-21-23(10)12)22-5-3-17-4-6-22;/h1-2,7,17H,3-6H2;1H. The summed E-state index contributed by atoms with van der Waals surface area (Å²) < 4.78 is 40.2. The highest BCUT2D eigenvalue weighted by Crippen LogP contribution is 2.32. The molecule has 1 aliphatic heterocycles. The minimum absolute atomic E-state index is 0. The molecular weight excluding hydrogens is 347 g/mol. The fourth-order valence-corrected chi connectivity index (χ4v) is 2.71. The second kappa shape index (κ2) is 6.02. The van der Waals surface area contributed by atoms with Gasteiger partial charge in [-0.2, -0.15) is 17.7 Å². The lowest BCUT2D eigenvalue weighted by Gasteiger charge is -2.28. The van der Waals surface area contributed by atoms with Crippen LogP contribution in [0.5, 0.6) is 0 Å². The molecule has 24 heavy (non-hydrogen) atoms. The number of nitrogens with one attached hydrogen (secondary N) is 1. The fraction of sp³-hybridized carbons (Fsp3) is 0.385. The maximum absolute atomic E-state index is 12.9. The quantitative estimate of drug-likeness (QED) is 0.710. The molecule has 0 saturated carbocycles. The van der Waals surface area contributed by atoms with Crippen LogP contribution in [0.2, 0.25) is 0 Å². The normalized spacial score (nSPS) is 15.7. The zero-order chi connectivity index (χ0) is 16.0. The molecule has 0 amide bonds. The zero-order valence-corrected chi connectivity index (χ0v) is 13.1. The van der Waals surface area contributed by atoms with Crippen LogP contribution >= 0.6 is 12.4 Å². The molecule has 0 bridgehead atoms. The summed E-state index contributed by atoms with van der Waals surface area (Å²) in [7, 11) is 0. The average molecular weight is 360 g/mol. The van der Waals surface area contributed by atoms with Gasteiger partial charge in [-0.15, -0.1) is 17.5 Å². The molecule has 128 valence electrons. The summed E-state index contributed by atoms with van der Waals surface area (Å²) in [5.74, 6) is 0.503. The van der Waals surface area contributed by atoms with E-state index in [2.05, 4.69) is 25.8 Å². The molecular formula is C13H13ClF3N7. The first-order chi connectivity index (χ1) is 11.0. The molecule has 7 nitrogen and oxygen atoms in total. The Kier molecular flexibility index (Phi) is 4.18. The first-order valence-corrected chi connectivity index (χ1v) is 7.09. The number of piperazine rings is 1. The summed E-state index contributed by atoms with van der Waals surface area (Å²) in [4.78, 5) is 6.38. The van der Waals surface area contributed by atoms with E-state index in [-0.39, 0.29) is 17.9 Å². The predicted molar refractivity (Wildman–Crippen MR) is 83.4 cm³/mol. The van der Waals surface area contributed by atoms with Crippen LogP contribution in [-0.2, 0) is 6.18 Å². The second-order valence-corrected chi connectivity index (χ2v) is 5.29. The molecule has 11 heteroatoms. The molecule has 1 aromatic carbocycles. The number of rotatable bonds is 1. The van der Waals surface area contributed by atoms with Crippen LogP contribution < -0.4 is 10.2 Å². The van der Waals surface area contributed by atoms with E-state index in [1.54, 1.807) is 0 Å². The third-order valence-electron chi connectivity index (χ3n) is 3.84. The number of hydrogen-bond acceptors (Lipinski definition) is 6. The molecule has 0 spiro atoms. The number of alkyl halides is 3. The van der Waals surface area contributed by atoms with Gasteiger partial charge in [-0.05, 0) is 28.6 Å². The number of fused-ring (bicyclic) bond motifs is 3. The van der Waals surface area contributed by atoms with Crippen LogP contribution in [0.15, 0.2) is 18.2 Å². The van der Waals surface area contributed by atoms with Gasteiger partial charge in [0.25, 0.3) is 0 Å². The van der Waals surface area contributed by atoms with Crippen molar-refractivity contribution in [3.05, 3.63) is 23.8 Å². The number of tetrazole rings is 1. The van der Waals surface area contributed by atoms with Gasteiger partial charge in [0, 0.05) is 26.2 Å². The van der Waals surface area contributed by atoms with Gasteiger partial charge in [0.15, 0.2) is 5.82 Å². The van der Waals surface area contributed by atoms with Gasteiger partial charge in [0.1, 0.15) is 0 Å². The van der Waals surface area contributed by atoms with Gasteiger partial charge >= 0.3 is 6.18 Å². The van der Waals surface area contributed by atoms with E-state index >= 15 is 0 Å². The largest absolute Gasteiger partial charge is 0.416 e. The number of hydrogen-bond donors (Lipinski definition) is 1. The van der Waals surface area contributed by atoms with Gasteiger partial charge in [0.05, 0.1) is 16.6 Å². The van der Waals surface area contributed by atoms with Crippen LogP contribution in [0, 0.1) is 0 Å². The fourth-order valence-electron chi connectivity index (χ4n) is 2.71. The lowest BCUT2D eigenvalue weighted by atomic mass is 10.2. The van der Waals surface area contributed by atoms with Crippen molar-refractivity contribution in [1.82, 2.24) is 30.3 Å². The topological polar surface area (TPSA) is 71.2 Å². The Balaban J connectivity index is 0.00000169. The van der Waals surface area contributed by atoms with Crippen molar-refractivity contribution in [2.24, 2.45) is 0 Å². The minimum atomic E-state index is -4.42. The Morgan fingerprint density at radius 2 is 1.88 bits per heavy atom. The van der Waals surface area contributed by atoms with E-state index in [4.69, 9.17) is 0 Å². The van der Waals surface area contributed by atoms with E-state index in [0.717, 1.165) is 25.2 Å². The maximum Gasteiger partial charge on any atom is 0.416 e. The Morgan fingerprint density at radius 1 is 1.12 bits per heavy atom. The summed E-state index contributed by atoms with van der Waals surface area (Å²) in [6.07, 6.45) is -4.42. The average Bonchev–Trinajstić information content (AvgIpc) is 3.03. The van der Waals surface area contributed by atoms with E-state index in [1.165, 1.54) is 10.6 Å². The second-order valence-electron chi connectivity index (χ2n) is 5.29. The molecule has 1 N–H and O–H groups in total. The Bertz CT molecular complexity index is 873. The zero-order valence-electron chi connectivity index (χ0n) is 12.3. The van der Waals surface area contributed by atoms with Crippen molar-refractivity contribution in [1.29, 1.82) is 0 Å². The molecule has 1 saturated heterocycles. The van der Waals surface area contributed by atoms with E-state index < -0.39 is 11.7 Å². The Hall–Kier alpha value is -2.20. The molecule has 4 rings (SSSR count). The SMILES string of the molecule is Cl.FC(F)(F)c1ccc2c(c1)nc(N1CCNCC1)c1nnnn12. The van der Waals surface area contributed by atoms with Gasteiger partial charge in [-0.1, -0.05) is 0 Å². The molecule has 1 fully saturated rings. The van der Waals surface area contributed by atoms with Gasteiger partial charge in [-0.3, -0.25) is 0 Å². The molecule has 3 aromatic rings. The number of halogens is 4. The number of aromatic nitrogens is 5. The van der Waals surface area contributed by atoms with E-state index in [9.17, 15) is 13.2 Å². The van der Waals surface area contributed by atoms with Crippen LogP contribution in [0.3, 0.4) is 0 Å². The first-order valence-electron chi connectivity index (χ1n) is 7.09. The number of anilines is 1. The highest BCUT2D eigenvalue weighted by Gasteiger charge is 2.31. The van der Waals surface area contributed by atoms with E-state index in [0.29, 0.717) is 30.1 Å². The maximum atomic E-state index is 12.9. The lowest BCUT2D eigenvalue weighted by Crippen LogP contribution is -2.44. The molecule has 0 unspecified atom stereocenters. The third kappa shape index (κ3) is 2.71. The van der Waals surface area contributed by atoms with Crippen LogP contribution in [0.1, 0.15) is 5.56 Å². The van der Waals surface area contributed by atoms with Crippen molar-refractivity contribution < 1.29 is 13.2 Å². The van der Waals surface area contributed by atoms with Crippen LogP contribution in [0.25, 0.3) is 16.7 Å². The summed E-state index contributed by atoms with van der Waals surface area (Å²) in [6.45, 7) is 2.94. The van der Waals surface area contributed by atoms with Crippen molar-refractivity contribution >= 4 is 34.9 Å². The molecule has 1 aliphatic rings. The smallest absolute Gasteiger partial charge is 0.351 e. The van der Waals surface area contributed by atoms with Gasteiger partial charge < -0.3 is 10.2 Å². The first kappa shape index (κ1) is 16.7. The molecule has 0 radical (unpaired) electrons. The van der Waals surface area contributed by atoms with E-state index in [1.807, 2.05) is 4.90 Å². The van der Waals surface area contributed by atoms with Crippen molar-refractivity contribution in [2.45, 2.75) is 6.18 Å². The van der Waals surface area contributed by atoms with Crippen molar-refractivity contribution in [3.8, 4) is 0 Å². The highest BCUT2D eigenvalue weighted by molar-refractivity contribution is 5.85. The molecule has 2 aromatic heterocycles.